The van der Waals surface area contributed by atoms with E-state index in [4.69, 9.17) is 8.83 Å². The van der Waals surface area contributed by atoms with Gasteiger partial charge >= 0.3 is 11.6 Å². The molecular weight excluding hydrogens is 374 g/mol. The molecule has 2 aromatic heterocycles. The molecule has 1 aliphatic carbocycles. The molecule has 1 amide bonds. The SMILES string of the molecule is Cc1coc2cc3oc(=O)c(CC(=O)NC4(C(=O)O)CCCCC4)c(C)c3cc12. The minimum Gasteiger partial charge on any atom is -0.480 e. The third-order valence-corrected chi connectivity index (χ3v) is 6.01. The molecule has 1 fully saturated rings. The second kappa shape index (κ2) is 7.06. The number of hydrogen-bond acceptors (Lipinski definition) is 5. The summed E-state index contributed by atoms with van der Waals surface area (Å²) >= 11 is 0. The highest BCUT2D eigenvalue weighted by molar-refractivity contribution is 5.97. The summed E-state index contributed by atoms with van der Waals surface area (Å²) in [5.41, 5.74) is 1.04. The van der Waals surface area contributed by atoms with Gasteiger partial charge in [0.2, 0.25) is 5.91 Å². The molecule has 152 valence electrons. The number of hydrogen-bond donors (Lipinski definition) is 2. The predicted octanol–water partition coefficient (Wildman–Crippen LogP) is 3.60. The lowest BCUT2D eigenvalue weighted by atomic mass is 9.81. The van der Waals surface area contributed by atoms with E-state index in [9.17, 15) is 19.5 Å². The number of nitrogens with one attached hydrogen (secondary N) is 1. The molecule has 0 radical (unpaired) electrons. The van der Waals surface area contributed by atoms with Crippen LogP contribution in [0.5, 0.6) is 0 Å². The number of rotatable bonds is 4. The minimum absolute atomic E-state index is 0.221. The lowest BCUT2D eigenvalue weighted by molar-refractivity contribution is -0.149. The van der Waals surface area contributed by atoms with Crippen LogP contribution in [0.2, 0.25) is 0 Å². The third-order valence-electron chi connectivity index (χ3n) is 6.01. The topological polar surface area (TPSA) is 110 Å². The van der Waals surface area contributed by atoms with Crippen LogP contribution < -0.4 is 10.9 Å². The molecule has 0 bridgehead atoms. The first kappa shape index (κ1) is 19.2. The van der Waals surface area contributed by atoms with Gasteiger partial charge in [0.25, 0.3) is 0 Å². The van der Waals surface area contributed by atoms with Crippen molar-refractivity contribution in [1.82, 2.24) is 5.32 Å². The van der Waals surface area contributed by atoms with E-state index >= 15 is 0 Å². The Balaban J connectivity index is 1.69. The molecule has 29 heavy (non-hydrogen) atoms. The summed E-state index contributed by atoms with van der Waals surface area (Å²) in [6, 6.07) is 3.57. The molecule has 3 aromatic rings. The van der Waals surface area contributed by atoms with E-state index in [2.05, 4.69) is 5.32 Å². The maximum absolute atomic E-state index is 12.7. The smallest absolute Gasteiger partial charge is 0.340 e. The van der Waals surface area contributed by atoms with Crippen molar-refractivity contribution in [3.63, 3.8) is 0 Å². The van der Waals surface area contributed by atoms with Gasteiger partial charge in [-0.25, -0.2) is 9.59 Å². The highest BCUT2D eigenvalue weighted by Gasteiger charge is 2.41. The number of furan rings is 1. The summed E-state index contributed by atoms with van der Waals surface area (Å²) in [7, 11) is 0. The van der Waals surface area contributed by atoms with Crippen LogP contribution in [0.1, 0.15) is 48.8 Å². The number of aliphatic carboxylic acids is 1. The first-order valence-corrected chi connectivity index (χ1v) is 9.79. The van der Waals surface area contributed by atoms with E-state index in [-0.39, 0.29) is 12.0 Å². The fourth-order valence-corrected chi connectivity index (χ4v) is 4.26. The number of carboxylic acid groups (broad SMARTS) is 1. The molecule has 0 unspecified atom stereocenters. The van der Waals surface area contributed by atoms with Gasteiger partial charge < -0.3 is 19.3 Å². The first-order chi connectivity index (χ1) is 13.8. The molecule has 0 atom stereocenters. The largest absolute Gasteiger partial charge is 0.480 e. The Morgan fingerprint density at radius 1 is 1.10 bits per heavy atom. The van der Waals surface area contributed by atoms with Crippen molar-refractivity contribution < 1.29 is 23.5 Å². The lowest BCUT2D eigenvalue weighted by Gasteiger charge is -2.34. The summed E-state index contributed by atoms with van der Waals surface area (Å²) in [5, 5.41) is 14.0. The van der Waals surface area contributed by atoms with Crippen molar-refractivity contribution in [2.45, 2.75) is 57.9 Å². The first-order valence-electron chi connectivity index (χ1n) is 9.79. The average Bonchev–Trinajstić information content (AvgIpc) is 3.04. The van der Waals surface area contributed by atoms with Crippen LogP contribution in [0.25, 0.3) is 21.9 Å². The average molecular weight is 397 g/mol. The van der Waals surface area contributed by atoms with Gasteiger partial charge in [0, 0.05) is 16.8 Å². The Bertz CT molecular complexity index is 1180. The standard InChI is InChI=1S/C22H23NO6/c1-12-11-28-17-10-18-15(8-14(12)17)13(2)16(20(25)29-18)9-19(24)23-22(21(26)27)6-4-3-5-7-22/h8,10-11H,3-7,9H2,1-2H3,(H,23,24)(H,26,27). The zero-order valence-corrected chi connectivity index (χ0v) is 16.5. The highest BCUT2D eigenvalue weighted by atomic mass is 16.4. The van der Waals surface area contributed by atoms with Crippen LogP contribution in [0.3, 0.4) is 0 Å². The van der Waals surface area contributed by atoms with E-state index in [1.54, 1.807) is 19.3 Å². The monoisotopic (exact) mass is 397 g/mol. The number of carbonyl (C=O) groups is 2. The second-order valence-electron chi connectivity index (χ2n) is 7.93. The zero-order chi connectivity index (χ0) is 20.8. The Kier molecular flexibility index (Phi) is 4.68. The van der Waals surface area contributed by atoms with Crippen LogP contribution in [-0.2, 0) is 16.0 Å². The molecule has 0 saturated heterocycles. The molecule has 2 heterocycles. The molecule has 7 heteroatoms. The third kappa shape index (κ3) is 3.30. The molecule has 7 nitrogen and oxygen atoms in total. The van der Waals surface area contributed by atoms with Gasteiger partial charge in [0.15, 0.2) is 0 Å². The van der Waals surface area contributed by atoms with Gasteiger partial charge in [-0.2, -0.15) is 0 Å². The quantitative estimate of drug-likeness (QED) is 0.651. The van der Waals surface area contributed by atoms with Crippen molar-refractivity contribution in [2.24, 2.45) is 0 Å². The van der Waals surface area contributed by atoms with E-state index in [1.165, 1.54) is 0 Å². The number of aryl methyl sites for hydroxylation is 2. The summed E-state index contributed by atoms with van der Waals surface area (Å²) in [6.07, 6.45) is 4.68. The van der Waals surface area contributed by atoms with Gasteiger partial charge in [0.05, 0.1) is 18.2 Å². The van der Waals surface area contributed by atoms with Gasteiger partial charge in [0.1, 0.15) is 16.7 Å². The summed E-state index contributed by atoms with van der Waals surface area (Å²) in [4.78, 5) is 37.0. The number of benzene rings is 1. The van der Waals surface area contributed by atoms with E-state index < -0.39 is 23.0 Å². The van der Waals surface area contributed by atoms with Crippen molar-refractivity contribution in [3.05, 3.63) is 45.5 Å². The van der Waals surface area contributed by atoms with Crippen molar-refractivity contribution >= 4 is 33.8 Å². The van der Waals surface area contributed by atoms with Crippen molar-refractivity contribution in [1.29, 1.82) is 0 Å². The molecule has 0 aliphatic heterocycles. The summed E-state index contributed by atoms with van der Waals surface area (Å²) in [6.45, 7) is 3.70. The molecule has 1 aliphatic rings. The Morgan fingerprint density at radius 2 is 1.83 bits per heavy atom. The Hall–Kier alpha value is -3.09. The molecule has 1 aromatic carbocycles. The van der Waals surface area contributed by atoms with Gasteiger partial charge in [-0.05, 0) is 43.9 Å². The number of carboxylic acids is 1. The van der Waals surface area contributed by atoms with Crippen LogP contribution in [0, 0.1) is 13.8 Å². The highest BCUT2D eigenvalue weighted by Crippen LogP contribution is 2.30. The zero-order valence-electron chi connectivity index (χ0n) is 16.5. The van der Waals surface area contributed by atoms with Gasteiger partial charge in [-0.15, -0.1) is 0 Å². The molecular formula is C22H23NO6. The number of carbonyl (C=O) groups excluding carboxylic acids is 1. The molecule has 1 saturated carbocycles. The lowest BCUT2D eigenvalue weighted by Crippen LogP contribution is -2.56. The van der Waals surface area contributed by atoms with Crippen LogP contribution in [0.4, 0.5) is 0 Å². The Morgan fingerprint density at radius 3 is 2.52 bits per heavy atom. The maximum Gasteiger partial charge on any atom is 0.340 e. The molecule has 4 rings (SSSR count). The fraction of sp³-hybridized carbons (Fsp3) is 0.409. The molecule has 0 spiro atoms. The van der Waals surface area contributed by atoms with Crippen LogP contribution >= 0.6 is 0 Å². The summed E-state index contributed by atoms with van der Waals surface area (Å²) in [5.74, 6) is -1.50. The normalized spacial score (nSPS) is 16.2. The van der Waals surface area contributed by atoms with E-state index in [0.717, 1.165) is 35.6 Å². The van der Waals surface area contributed by atoms with E-state index in [1.807, 2.05) is 13.0 Å². The van der Waals surface area contributed by atoms with Crippen LogP contribution in [-0.4, -0.2) is 22.5 Å². The fourth-order valence-electron chi connectivity index (χ4n) is 4.26. The van der Waals surface area contributed by atoms with Crippen LogP contribution in [0.15, 0.2) is 32.0 Å². The van der Waals surface area contributed by atoms with E-state index in [0.29, 0.717) is 29.6 Å². The number of amides is 1. The van der Waals surface area contributed by atoms with Gasteiger partial charge in [-0.1, -0.05) is 19.3 Å². The maximum atomic E-state index is 12.7. The summed E-state index contributed by atoms with van der Waals surface area (Å²) < 4.78 is 10.9. The van der Waals surface area contributed by atoms with Crippen molar-refractivity contribution in [3.8, 4) is 0 Å². The van der Waals surface area contributed by atoms with Crippen molar-refractivity contribution in [2.75, 3.05) is 0 Å². The minimum atomic E-state index is -1.25. The Labute approximate surface area is 166 Å². The second-order valence-corrected chi connectivity index (χ2v) is 7.93. The molecule has 2 N–H and O–H groups in total. The predicted molar refractivity (Wildman–Crippen MR) is 107 cm³/mol. The number of fused-ring (bicyclic) bond motifs is 2. The van der Waals surface area contributed by atoms with Gasteiger partial charge in [-0.3, -0.25) is 4.79 Å².